The van der Waals surface area contributed by atoms with Crippen molar-refractivity contribution in [2.75, 3.05) is 13.2 Å². The fourth-order valence-corrected chi connectivity index (χ4v) is 4.03. The second-order valence-corrected chi connectivity index (χ2v) is 6.36. The number of carbonyl (C=O) groups is 1. The monoisotopic (exact) mass is 335 g/mol. The molecule has 24 heavy (non-hydrogen) atoms. The first-order valence-corrected chi connectivity index (χ1v) is 7.98. The first-order valence-electron chi connectivity index (χ1n) is 7.98. The summed E-state index contributed by atoms with van der Waals surface area (Å²) in [6, 6.07) is 5.31. The molecule has 1 aromatic carbocycles. The van der Waals surface area contributed by atoms with Crippen molar-refractivity contribution in [2.24, 2.45) is 17.8 Å². The largest absolute Gasteiger partial charge is 0.514 e. The highest BCUT2D eigenvalue weighted by molar-refractivity contribution is 5.64. The van der Waals surface area contributed by atoms with Crippen molar-refractivity contribution in [1.29, 1.82) is 0 Å². The summed E-state index contributed by atoms with van der Waals surface area (Å²) in [5, 5.41) is 10.6. The quantitative estimate of drug-likeness (QED) is 0.362. The van der Waals surface area contributed by atoms with Crippen LogP contribution in [0, 0.1) is 27.9 Å². The fourth-order valence-electron chi connectivity index (χ4n) is 4.03. The molecule has 2 aliphatic heterocycles. The number of nitro benzene ring substituents is 1. The average molecular weight is 335 g/mol. The molecule has 3 fully saturated rings. The van der Waals surface area contributed by atoms with Gasteiger partial charge in [0.1, 0.15) is 11.9 Å². The Morgan fingerprint density at radius 3 is 2.79 bits per heavy atom. The van der Waals surface area contributed by atoms with Crippen LogP contribution in [0.25, 0.3) is 0 Å². The van der Waals surface area contributed by atoms with Crippen LogP contribution in [0.15, 0.2) is 24.3 Å². The molecule has 1 saturated carbocycles. The summed E-state index contributed by atoms with van der Waals surface area (Å²) in [6.07, 6.45) is 0.452. The molecule has 0 radical (unpaired) electrons. The van der Waals surface area contributed by atoms with Gasteiger partial charge in [-0.1, -0.05) is 0 Å². The van der Waals surface area contributed by atoms with Crippen molar-refractivity contribution < 1.29 is 28.7 Å². The zero-order valence-corrected chi connectivity index (χ0v) is 12.8. The number of rotatable bonds is 3. The van der Waals surface area contributed by atoms with Crippen LogP contribution in [0.3, 0.4) is 0 Å². The van der Waals surface area contributed by atoms with Crippen LogP contribution in [0.5, 0.6) is 5.75 Å². The Morgan fingerprint density at radius 2 is 2.04 bits per heavy atom. The molecule has 0 amide bonds. The molecule has 0 aromatic heterocycles. The van der Waals surface area contributed by atoms with E-state index in [0.717, 1.165) is 12.8 Å². The Bertz CT molecular complexity index is 644. The van der Waals surface area contributed by atoms with Gasteiger partial charge in [-0.2, -0.15) is 0 Å². The molecule has 3 aliphatic rings. The third kappa shape index (κ3) is 2.71. The van der Waals surface area contributed by atoms with Gasteiger partial charge in [-0.05, 0) is 30.9 Å². The average Bonchev–Trinajstić information content (AvgIpc) is 3.13. The lowest BCUT2D eigenvalue weighted by Gasteiger charge is -2.32. The van der Waals surface area contributed by atoms with Crippen LogP contribution in [-0.2, 0) is 14.2 Å². The van der Waals surface area contributed by atoms with Crippen molar-refractivity contribution in [3.05, 3.63) is 34.4 Å². The van der Waals surface area contributed by atoms with Crippen LogP contribution < -0.4 is 4.74 Å². The Hall–Kier alpha value is -2.19. The molecule has 0 bridgehead atoms. The zero-order chi connectivity index (χ0) is 16.7. The molecule has 2 saturated heterocycles. The molecule has 8 heteroatoms. The maximum Gasteiger partial charge on any atom is 0.514 e. The van der Waals surface area contributed by atoms with Crippen molar-refractivity contribution >= 4 is 11.8 Å². The van der Waals surface area contributed by atoms with Gasteiger partial charge in [0.05, 0.1) is 18.1 Å². The minimum absolute atomic E-state index is 0.0624. The first-order chi connectivity index (χ1) is 11.6. The van der Waals surface area contributed by atoms with Crippen LogP contribution in [-0.4, -0.2) is 36.7 Å². The van der Waals surface area contributed by atoms with Crippen molar-refractivity contribution in [3.8, 4) is 5.75 Å². The van der Waals surface area contributed by atoms with E-state index in [2.05, 4.69) is 0 Å². The summed E-state index contributed by atoms with van der Waals surface area (Å²) < 4.78 is 21.9. The van der Waals surface area contributed by atoms with E-state index in [1.54, 1.807) is 0 Å². The molecule has 0 spiro atoms. The predicted molar refractivity (Wildman–Crippen MR) is 79.4 cm³/mol. The summed E-state index contributed by atoms with van der Waals surface area (Å²) in [4.78, 5) is 22.1. The molecule has 128 valence electrons. The number of non-ortho nitro benzene ring substituents is 1. The highest BCUT2D eigenvalue weighted by atomic mass is 16.7. The van der Waals surface area contributed by atoms with Gasteiger partial charge in [-0.25, -0.2) is 4.79 Å². The van der Waals surface area contributed by atoms with Crippen molar-refractivity contribution in [3.63, 3.8) is 0 Å². The number of benzene rings is 1. The highest BCUT2D eigenvalue weighted by Gasteiger charge is 2.55. The lowest BCUT2D eigenvalue weighted by molar-refractivity contribution is -0.384. The Morgan fingerprint density at radius 1 is 1.25 bits per heavy atom. The molecule has 1 aliphatic carbocycles. The molecule has 0 N–H and O–H groups in total. The predicted octanol–water partition coefficient (Wildman–Crippen LogP) is 2.51. The van der Waals surface area contributed by atoms with E-state index >= 15 is 0 Å². The van der Waals surface area contributed by atoms with Gasteiger partial charge in [-0.15, -0.1) is 0 Å². The van der Waals surface area contributed by atoms with E-state index in [1.807, 2.05) is 0 Å². The fraction of sp³-hybridized carbons (Fsp3) is 0.562. The van der Waals surface area contributed by atoms with E-state index in [0.29, 0.717) is 19.1 Å². The number of carbonyl (C=O) groups excluding carboxylic acids is 1. The van der Waals surface area contributed by atoms with Crippen LogP contribution >= 0.6 is 0 Å². The standard InChI is InChI=1S/C16H17NO7/c18-16(23-11-3-1-10(2-4-11)17(19)20)24-13-7-9-8-22-15-14(9)12(13)5-6-21-15/h1-4,9,12-15H,5-8H2/t9-,12?,13-,14+,15+/m1/s1. The van der Waals surface area contributed by atoms with Crippen LogP contribution in [0.1, 0.15) is 12.8 Å². The molecular formula is C16H17NO7. The number of hydrogen-bond donors (Lipinski definition) is 0. The number of nitrogens with zero attached hydrogens (tertiary/aromatic N) is 1. The minimum atomic E-state index is -0.780. The van der Waals surface area contributed by atoms with Crippen molar-refractivity contribution in [1.82, 2.24) is 0 Å². The van der Waals surface area contributed by atoms with Gasteiger partial charge in [0.15, 0.2) is 6.29 Å². The van der Waals surface area contributed by atoms with Gasteiger partial charge in [0.25, 0.3) is 5.69 Å². The Labute approximate surface area is 137 Å². The van der Waals surface area contributed by atoms with E-state index in [1.165, 1.54) is 24.3 Å². The normalized spacial score (nSPS) is 33.8. The summed E-state index contributed by atoms with van der Waals surface area (Å²) in [7, 11) is 0. The molecule has 2 heterocycles. The van der Waals surface area contributed by atoms with E-state index in [4.69, 9.17) is 18.9 Å². The van der Waals surface area contributed by atoms with E-state index < -0.39 is 11.1 Å². The Balaban J connectivity index is 1.37. The lowest BCUT2D eigenvalue weighted by atomic mass is 9.87. The number of nitro groups is 1. The zero-order valence-electron chi connectivity index (χ0n) is 12.8. The smallest absolute Gasteiger partial charge is 0.430 e. The topological polar surface area (TPSA) is 97.1 Å². The molecule has 8 nitrogen and oxygen atoms in total. The Kier molecular flexibility index (Phi) is 3.85. The first kappa shape index (κ1) is 15.3. The van der Waals surface area contributed by atoms with Gasteiger partial charge in [0.2, 0.25) is 0 Å². The summed E-state index contributed by atoms with van der Waals surface area (Å²) in [6.45, 7) is 1.25. The number of ether oxygens (including phenoxy) is 4. The van der Waals surface area contributed by atoms with Gasteiger partial charge in [0, 0.05) is 24.0 Å². The van der Waals surface area contributed by atoms with E-state index in [-0.39, 0.29) is 35.7 Å². The molecular weight excluding hydrogens is 318 g/mol. The molecule has 5 atom stereocenters. The minimum Gasteiger partial charge on any atom is -0.430 e. The number of hydrogen-bond acceptors (Lipinski definition) is 7. The lowest BCUT2D eigenvalue weighted by Crippen LogP contribution is -2.37. The molecule has 4 rings (SSSR count). The summed E-state index contributed by atoms with van der Waals surface area (Å²) in [5.41, 5.74) is -0.0624. The summed E-state index contributed by atoms with van der Waals surface area (Å²) >= 11 is 0. The van der Waals surface area contributed by atoms with Crippen LogP contribution in [0.2, 0.25) is 0 Å². The second kappa shape index (κ2) is 6.03. The van der Waals surface area contributed by atoms with Gasteiger partial charge < -0.3 is 18.9 Å². The van der Waals surface area contributed by atoms with E-state index in [9.17, 15) is 14.9 Å². The third-order valence-corrected chi connectivity index (χ3v) is 5.07. The maximum atomic E-state index is 12.0. The second-order valence-electron chi connectivity index (χ2n) is 6.36. The van der Waals surface area contributed by atoms with Gasteiger partial charge in [-0.3, -0.25) is 10.1 Å². The third-order valence-electron chi connectivity index (χ3n) is 5.07. The molecule has 1 unspecified atom stereocenters. The maximum absolute atomic E-state index is 12.0. The summed E-state index contributed by atoms with van der Waals surface area (Å²) in [5.74, 6) is 1.10. The van der Waals surface area contributed by atoms with Crippen LogP contribution in [0.4, 0.5) is 10.5 Å². The van der Waals surface area contributed by atoms with Crippen molar-refractivity contribution in [2.45, 2.75) is 25.2 Å². The SMILES string of the molecule is O=C(Oc1ccc([N+](=O)[O-])cc1)O[C@@H]1C[C@@H]2CO[C@@H]3OCCC1[C@H]23. The highest BCUT2D eigenvalue weighted by Crippen LogP contribution is 2.50. The van der Waals surface area contributed by atoms with Gasteiger partial charge >= 0.3 is 6.16 Å². The molecule has 1 aromatic rings.